The third-order valence-corrected chi connectivity index (χ3v) is 2.91. The number of carbonyl (C=O) groups excluding carboxylic acids is 1. The van der Waals surface area contributed by atoms with Crippen molar-refractivity contribution in [2.75, 3.05) is 14.2 Å². The standard InChI is InChI=1S/C14H13FN2O4/c1-20-12-7-9(14(19)21-2)10(15)5-8(12)6-11-13(18)17-4-3-16-11/h3-5,7H,6H2,1-2H3,(H,17,18). The zero-order valence-corrected chi connectivity index (χ0v) is 11.5. The van der Waals surface area contributed by atoms with E-state index in [1.165, 1.54) is 25.6 Å². The van der Waals surface area contributed by atoms with Gasteiger partial charge in [0.1, 0.15) is 17.3 Å². The molecule has 0 unspecified atom stereocenters. The fraction of sp³-hybridized carbons (Fsp3) is 0.214. The number of halogens is 1. The zero-order chi connectivity index (χ0) is 15.4. The summed E-state index contributed by atoms with van der Waals surface area (Å²) >= 11 is 0. The molecule has 110 valence electrons. The maximum atomic E-state index is 13.9. The molecule has 0 spiro atoms. The highest BCUT2D eigenvalue weighted by atomic mass is 19.1. The summed E-state index contributed by atoms with van der Waals surface area (Å²) in [5, 5.41) is 0. The Morgan fingerprint density at radius 1 is 1.38 bits per heavy atom. The van der Waals surface area contributed by atoms with Crippen LogP contribution in [0.1, 0.15) is 21.6 Å². The van der Waals surface area contributed by atoms with Gasteiger partial charge in [-0.15, -0.1) is 0 Å². The van der Waals surface area contributed by atoms with Crippen LogP contribution in [0.25, 0.3) is 0 Å². The first-order chi connectivity index (χ1) is 10.1. The number of hydrogen-bond donors (Lipinski definition) is 1. The lowest BCUT2D eigenvalue weighted by molar-refractivity contribution is 0.0595. The highest BCUT2D eigenvalue weighted by Gasteiger charge is 2.18. The molecule has 2 aromatic rings. The first kappa shape index (κ1) is 14.7. The molecule has 7 heteroatoms. The van der Waals surface area contributed by atoms with Crippen molar-refractivity contribution < 1.29 is 18.7 Å². The Morgan fingerprint density at radius 2 is 2.14 bits per heavy atom. The van der Waals surface area contributed by atoms with E-state index < -0.39 is 11.8 Å². The predicted octanol–water partition coefficient (Wildman–Crippen LogP) is 1.29. The summed E-state index contributed by atoms with van der Waals surface area (Å²) in [5.74, 6) is -1.26. The van der Waals surface area contributed by atoms with Crippen molar-refractivity contribution in [2.24, 2.45) is 0 Å². The fourth-order valence-corrected chi connectivity index (χ4v) is 1.88. The summed E-state index contributed by atoms with van der Waals surface area (Å²) in [6.45, 7) is 0. The summed E-state index contributed by atoms with van der Waals surface area (Å²) in [4.78, 5) is 29.5. The van der Waals surface area contributed by atoms with Crippen LogP contribution in [0.15, 0.2) is 29.3 Å². The average Bonchev–Trinajstić information content (AvgIpc) is 2.49. The molecule has 6 nitrogen and oxygen atoms in total. The second kappa shape index (κ2) is 6.17. The number of nitrogens with one attached hydrogen (secondary N) is 1. The van der Waals surface area contributed by atoms with Gasteiger partial charge in [-0.05, 0) is 12.1 Å². The van der Waals surface area contributed by atoms with Crippen LogP contribution in [-0.4, -0.2) is 30.2 Å². The van der Waals surface area contributed by atoms with Gasteiger partial charge in [0.15, 0.2) is 0 Å². The fourth-order valence-electron chi connectivity index (χ4n) is 1.88. The minimum absolute atomic E-state index is 0.0811. The molecule has 0 atom stereocenters. The van der Waals surface area contributed by atoms with Crippen molar-refractivity contribution in [1.82, 2.24) is 9.97 Å². The number of benzene rings is 1. The molecule has 1 aromatic heterocycles. The van der Waals surface area contributed by atoms with Crippen LogP contribution in [-0.2, 0) is 11.2 Å². The van der Waals surface area contributed by atoms with Crippen molar-refractivity contribution in [3.8, 4) is 5.75 Å². The van der Waals surface area contributed by atoms with Gasteiger partial charge in [-0.2, -0.15) is 0 Å². The summed E-state index contributed by atoms with van der Waals surface area (Å²) < 4.78 is 23.6. The minimum Gasteiger partial charge on any atom is -0.496 e. The van der Waals surface area contributed by atoms with Gasteiger partial charge >= 0.3 is 5.97 Å². The summed E-state index contributed by atoms with van der Waals surface area (Å²) in [7, 11) is 2.55. The van der Waals surface area contributed by atoms with E-state index in [9.17, 15) is 14.0 Å². The third kappa shape index (κ3) is 3.07. The number of methoxy groups -OCH3 is 2. The van der Waals surface area contributed by atoms with Crippen LogP contribution < -0.4 is 10.3 Å². The van der Waals surface area contributed by atoms with Crippen molar-refractivity contribution >= 4 is 5.97 Å². The number of H-pyrrole nitrogens is 1. The van der Waals surface area contributed by atoms with Gasteiger partial charge in [0.25, 0.3) is 5.56 Å². The Balaban J connectivity index is 2.45. The van der Waals surface area contributed by atoms with Crippen LogP contribution in [0.3, 0.4) is 0 Å². The first-order valence-electron chi connectivity index (χ1n) is 6.04. The van der Waals surface area contributed by atoms with E-state index in [1.54, 1.807) is 0 Å². The lowest BCUT2D eigenvalue weighted by atomic mass is 10.0. The quantitative estimate of drug-likeness (QED) is 0.859. The van der Waals surface area contributed by atoms with Gasteiger partial charge in [-0.3, -0.25) is 9.78 Å². The van der Waals surface area contributed by atoms with E-state index in [0.717, 1.165) is 13.2 Å². The largest absolute Gasteiger partial charge is 0.496 e. The Morgan fingerprint density at radius 3 is 2.76 bits per heavy atom. The molecule has 0 aliphatic rings. The van der Waals surface area contributed by atoms with Crippen LogP contribution in [0.5, 0.6) is 5.75 Å². The van der Waals surface area contributed by atoms with Crippen molar-refractivity contribution in [1.29, 1.82) is 0 Å². The average molecular weight is 292 g/mol. The number of carbonyl (C=O) groups is 1. The smallest absolute Gasteiger partial charge is 0.340 e. The Kier molecular flexibility index (Phi) is 4.32. The summed E-state index contributed by atoms with van der Waals surface area (Å²) in [5.41, 5.74) is 0.0397. The molecular formula is C14H13FN2O4. The SMILES string of the molecule is COC(=O)c1cc(OC)c(Cc2ncc[nH]c2=O)cc1F. The van der Waals surface area contributed by atoms with Crippen molar-refractivity contribution in [3.63, 3.8) is 0 Å². The van der Waals surface area contributed by atoms with Gasteiger partial charge in [0.2, 0.25) is 0 Å². The maximum absolute atomic E-state index is 13.9. The van der Waals surface area contributed by atoms with Crippen LogP contribution in [0.4, 0.5) is 4.39 Å². The molecule has 2 rings (SSSR count). The third-order valence-electron chi connectivity index (χ3n) is 2.91. The summed E-state index contributed by atoms with van der Waals surface area (Å²) in [6, 6.07) is 2.38. The summed E-state index contributed by atoms with van der Waals surface area (Å²) in [6.07, 6.45) is 2.92. The van der Waals surface area contributed by atoms with Gasteiger partial charge in [-0.1, -0.05) is 0 Å². The molecule has 0 saturated heterocycles. The Hall–Kier alpha value is -2.70. The molecule has 0 fully saturated rings. The lowest BCUT2D eigenvalue weighted by Gasteiger charge is -2.10. The van der Waals surface area contributed by atoms with E-state index >= 15 is 0 Å². The second-order valence-corrected chi connectivity index (χ2v) is 4.18. The molecule has 21 heavy (non-hydrogen) atoms. The molecule has 1 N–H and O–H groups in total. The molecule has 0 aliphatic heterocycles. The number of rotatable bonds is 4. The molecule has 0 saturated carbocycles. The zero-order valence-electron chi connectivity index (χ0n) is 11.5. The monoisotopic (exact) mass is 292 g/mol. The Labute approximate surface area is 119 Å². The molecule has 1 heterocycles. The second-order valence-electron chi connectivity index (χ2n) is 4.18. The molecule has 0 amide bonds. The van der Waals surface area contributed by atoms with Gasteiger partial charge in [0.05, 0.1) is 19.8 Å². The van der Waals surface area contributed by atoms with Crippen molar-refractivity contribution in [3.05, 3.63) is 57.5 Å². The maximum Gasteiger partial charge on any atom is 0.340 e. The topological polar surface area (TPSA) is 81.3 Å². The normalized spacial score (nSPS) is 10.2. The highest BCUT2D eigenvalue weighted by Crippen LogP contribution is 2.25. The minimum atomic E-state index is -0.798. The van der Waals surface area contributed by atoms with E-state index in [-0.39, 0.29) is 29.0 Å². The molecule has 0 aliphatic carbocycles. The molecule has 0 radical (unpaired) electrons. The number of ether oxygens (including phenoxy) is 2. The van der Waals surface area contributed by atoms with Crippen LogP contribution >= 0.6 is 0 Å². The highest BCUT2D eigenvalue weighted by molar-refractivity contribution is 5.90. The number of aromatic nitrogens is 2. The van der Waals surface area contributed by atoms with Gasteiger partial charge < -0.3 is 14.5 Å². The van der Waals surface area contributed by atoms with Gasteiger partial charge in [0, 0.05) is 24.4 Å². The molecule has 0 bridgehead atoms. The number of nitrogens with zero attached hydrogens (tertiary/aromatic N) is 1. The molecule has 1 aromatic carbocycles. The molecular weight excluding hydrogens is 279 g/mol. The number of hydrogen-bond acceptors (Lipinski definition) is 5. The van der Waals surface area contributed by atoms with E-state index in [4.69, 9.17) is 4.74 Å². The first-order valence-corrected chi connectivity index (χ1v) is 6.04. The number of aromatic amines is 1. The van der Waals surface area contributed by atoms with E-state index in [0.29, 0.717) is 5.56 Å². The Bertz CT molecular complexity index is 727. The lowest BCUT2D eigenvalue weighted by Crippen LogP contribution is -2.15. The van der Waals surface area contributed by atoms with Crippen LogP contribution in [0, 0.1) is 5.82 Å². The predicted molar refractivity (Wildman–Crippen MR) is 72.0 cm³/mol. The van der Waals surface area contributed by atoms with E-state index in [2.05, 4.69) is 14.7 Å². The van der Waals surface area contributed by atoms with Crippen molar-refractivity contribution in [2.45, 2.75) is 6.42 Å². The number of esters is 1. The van der Waals surface area contributed by atoms with Crippen LogP contribution in [0.2, 0.25) is 0 Å². The van der Waals surface area contributed by atoms with E-state index in [1.807, 2.05) is 0 Å². The van der Waals surface area contributed by atoms with Gasteiger partial charge in [-0.25, -0.2) is 9.18 Å².